The van der Waals surface area contributed by atoms with Gasteiger partial charge in [0.2, 0.25) is 11.1 Å². The summed E-state index contributed by atoms with van der Waals surface area (Å²) in [4.78, 5) is 17.2. The first kappa shape index (κ1) is 20.8. The first-order chi connectivity index (χ1) is 15.2. The lowest BCUT2D eigenvalue weighted by atomic mass is 10.0. The molecular weight excluding hydrogens is 404 g/mol. The fourth-order valence-corrected chi connectivity index (χ4v) is 3.80. The second-order valence-corrected chi connectivity index (χ2v) is 7.95. The third-order valence-corrected chi connectivity index (χ3v) is 5.61. The number of hydrogen-bond donors (Lipinski definition) is 1. The minimum absolute atomic E-state index is 0.0614. The van der Waals surface area contributed by atoms with Crippen molar-refractivity contribution in [1.29, 1.82) is 0 Å². The Morgan fingerprint density at radius 3 is 1.97 bits per heavy atom. The summed E-state index contributed by atoms with van der Waals surface area (Å²) in [5.41, 5.74) is 4.45. The van der Waals surface area contributed by atoms with E-state index in [1.165, 1.54) is 11.8 Å². The molecule has 1 amide bonds. The van der Waals surface area contributed by atoms with Gasteiger partial charge in [-0.15, -0.1) is 10.2 Å². The van der Waals surface area contributed by atoms with Crippen molar-refractivity contribution < 1.29 is 4.79 Å². The van der Waals surface area contributed by atoms with Crippen LogP contribution in [-0.2, 0) is 4.79 Å². The van der Waals surface area contributed by atoms with Gasteiger partial charge in [-0.2, -0.15) is 0 Å². The van der Waals surface area contributed by atoms with E-state index in [9.17, 15) is 4.79 Å². The van der Waals surface area contributed by atoms with Gasteiger partial charge in [0.15, 0.2) is 0 Å². The Labute approximate surface area is 186 Å². The zero-order valence-electron chi connectivity index (χ0n) is 17.1. The van der Waals surface area contributed by atoms with E-state index >= 15 is 0 Å². The molecule has 1 aromatic heterocycles. The third kappa shape index (κ3) is 5.35. The van der Waals surface area contributed by atoms with Crippen LogP contribution in [0.15, 0.2) is 96.2 Å². The average Bonchev–Trinajstić information content (AvgIpc) is 2.84. The molecule has 0 aliphatic heterocycles. The van der Waals surface area contributed by atoms with Crippen LogP contribution in [0.5, 0.6) is 0 Å². The molecule has 0 radical (unpaired) electrons. The molecule has 5 nitrogen and oxygen atoms in total. The Balaban J connectivity index is 1.51. The topological polar surface area (TPSA) is 67.8 Å². The van der Waals surface area contributed by atoms with Crippen LogP contribution in [0.3, 0.4) is 0 Å². The number of aromatic nitrogens is 3. The van der Waals surface area contributed by atoms with E-state index in [-0.39, 0.29) is 17.7 Å². The summed E-state index contributed by atoms with van der Waals surface area (Å²) >= 11 is 1.28. The summed E-state index contributed by atoms with van der Waals surface area (Å²) in [5, 5.41) is 12.2. The Bertz CT molecular complexity index is 1140. The van der Waals surface area contributed by atoms with Crippen molar-refractivity contribution in [2.75, 3.05) is 5.75 Å². The number of nitrogens with zero attached hydrogens (tertiary/aromatic N) is 3. The number of carbonyl (C=O) groups excluding carboxylic acids is 1. The normalized spacial score (nSPS) is 11.6. The molecule has 0 unspecified atom stereocenters. The molecule has 3 aromatic carbocycles. The van der Waals surface area contributed by atoms with Crippen LogP contribution in [0.1, 0.15) is 18.5 Å². The molecule has 4 rings (SSSR count). The summed E-state index contributed by atoms with van der Waals surface area (Å²) < 4.78 is 0. The van der Waals surface area contributed by atoms with E-state index < -0.39 is 0 Å². The molecule has 0 saturated heterocycles. The zero-order chi connectivity index (χ0) is 21.5. The monoisotopic (exact) mass is 426 g/mol. The van der Waals surface area contributed by atoms with Crippen LogP contribution < -0.4 is 5.32 Å². The molecule has 0 aliphatic carbocycles. The van der Waals surface area contributed by atoms with Gasteiger partial charge in [-0.05, 0) is 12.5 Å². The van der Waals surface area contributed by atoms with Crippen LogP contribution in [0, 0.1) is 0 Å². The van der Waals surface area contributed by atoms with Gasteiger partial charge in [0.05, 0.1) is 11.8 Å². The Hall–Kier alpha value is -3.51. The first-order valence-electron chi connectivity index (χ1n) is 10.0. The highest BCUT2D eigenvalue weighted by Crippen LogP contribution is 2.29. The minimum atomic E-state index is -0.0710. The highest BCUT2D eigenvalue weighted by molar-refractivity contribution is 7.99. The lowest BCUT2D eigenvalue weighted by molar-refractivity contribution is -0.119. The predicted molar refractivity (Wildman–Crippen MR) is 124 cm³/mol. The van der Waals surface area contributed by atoms with Gasteiger partial charge in [-0.1, -0.05) is 103 Å². The van der Waals surface area contributed by atoms with Crippen molar-refractivity contribution in [3.8, 4) is 22.5 Å². The number of carbonyl (C=O) groups is 1. The molecule has 4 aromatic rings. The van der Waals surface area contributed by atoms with Crippen LogP contribution in [0.4, 0.5) is 0 Å². The maximum absolute atomic E-state index is 12.4. The summed E-state index contributed by atoms with van der Waals surface area (Å²) in [6.07, 6.45) is 0. The van der Waals surface area contributed by atoms with Gasteiger partial charge in [0.25, 0.3) is 0 Å². The van der Waals surface area contributed by atoms with E-state index in [0.717, 1.165) is 28.1 Å². The summed E-state index contributed by atoms with van der Waals surface area (Å²) in [7, 11) is 0. The van der Waals surface area contributed by atoms with Gasteiger partial charge in [-0.3, -0.25) is 4.79 Å². The SMILES string of the molecule is C[C@@H](NC(=O)CSc1nnc(-c2ccccc2)c(-c2ccccc2)n1)c1ccccc1. The molecule has 154 valence electrons. The maximum atomic E-state index is 12.4. The van der Waals surface area contributed by atoms with Gasteiger partial charge in [0, 0.05) is 11.1 Å². The molecule has 0 bridgehead atoms. The largest absolute Gasteiger partial charge is 0.349 e. The van der Waals surface area contributed by atoms with Crippen molar-refractivity contribution in [3.63, 3.8) is 0 Å². The molecule has 1 heterocycles. The van der Waals surface area contributed by atoms with E-state index in [4.69, 9.17) is 4.98 Å². The minimum Gasteiger partial charge on any atom is -0.349 e. The fourth-order valence-electron chi connectivity index (χ4n) is 3.20. The van der Waals surface area contributed by atoms with Gasteiger partial charge in [-0.25, -0.2) is 4.98 Å². The second kappa shape index (κ2) is 10.00. The average molecular weight is 427 g/mol. The van der Waals surface area contributed by atoms with E-state index in [2.05, 4.69) is 15.5 Å². The smallest absolute Gasteiger partial charge is 0.230 e. The number of thioether (sulfide) groups is 1. The fraction of sp³-hybridized carbons (Fsp3) is 0.120. The number of benzene rings is 3. The molecule has 6 heteroatoms. The Morgan fingerprint density at radius 2 is 1.35 bits per heavy atom. The van der Waals surface area contributed by atoms with Crippen molar-refractivity contribution in [3.05, 3.63) is 96.6 Å². The molecule has 1 N–H and O–H groups in total. The highest BCUT2D eigenvalue weighted by atomic mass is 32.2. The molecule has 1 atom stereocenters. The maximum Gasteiger partial charge on any atom is 0.230 e. The second-order valence-electron chi connectivity index (χ2n) is 7.01. The van der Waals surface area contributed by atoms with Crippen LogP contribution in [-0.4, -0.2) is 26.8 Å². The molecule has 0 fully saturated rings. The van der Waals surface area contributed by atoms with Crippen molar-refractivity contribution in [2.45, 2.75) is 18.1 Å². The summed E-state index contributed by atoms with van der Waals surface area (Å²) in [6, 6.07) is 29.6. The molecule has 31 heavy (non-hydrogen) atoms. The van der Waals surface area contributed by atoms with Crippen LogP contribution in [0.2, 0.25) is 0 Å². The number of nitrogens with one attached hydrogen (secondary N) is 1. The van der Waals surface area contributed by atoms with Crippen LogP contribution >= 0.6 is 11.8 Å². The van der Waals surface area contributed by atoms with Crippen LogP contribution in [0.25, 0.3) is 22.5 Å². The quantitative estimate of drug-likeness (QED) is 0.413. The number of rotatable bonds is 7. The van der Waals surface area contributed by atoms with Gasteiger partial charge >= 0.3 is 0 Å². The molecule has 0 saturated carbocycles. The predicted octanol–water partition coefficient (Wildman–Crippen LogP) is 5.18. The third-order valence-electron chi connectivity index (χ3n) is 4.77. The van der Waals surface area contributed by atoms with Crippen molar-refractivity contribution in [2.24, 2.45) is 0 Å². The first-order valence-corrected chi connectivity index (χ1v) is 11.0. The lowest BCUT2D eigenvalue weighted by Gasteiger charge is -2.14. The van der Waals surface area contributed by atoms with E-state index in [1.54, 1.807) is 0 Å². The van der Waals surface area contributed by atoms with Crippen molar-refractivity contribution in [1.82, 2.24) is 20.5 Å². The number of amides is 1. The van der Waals surface area contributed by atoms with E-state index in [1.807, 2.05) is 97.9 Å². The highest BCUT2D eigenvalue weighted by Gasteiger charge is 2.15. The van der Waals surface area contributed by atoms with Gasteiger partial charge in [0.1, 0.15) is 11.4 Å². The standard InChI is InChI=1S/C25H22N4OS/c1-18(19-11-5-2-6-12-19)26-22(30)17-31-25-27-23(20-13-7-3-8-14-20)24(28-29-25)21-15-9-4-10-16-21/h2-16,18H,17H2,1H3,(H,26,30)/t18-/m1/s1. The Morgan fingerprint density at radius 1 is 0.806 bits per heavy atom. The molecule has 0 aliphatic rings. The Kier molecular flexibility index (Phi) is 6.69. The number of hydrogen-bond acceptors (Lipinski definition) is 5. The molecular formula is C25H22N4OS. The van der Waals surface area contributed by atoms with Gasteiger partial charge < -0.3 is 5.32 Å². The van der Waals surface area contributed by atoms with E-state index in [0.29, 0.717) is 5.16 Å². The lowest BCUT2D eigenvalue weighted by Crippen LogP contribution is -2.28. The zero-order valence-corrected chi connectivity index (χ0v) is 17.9. The van der Waals surface area contributed by atoms with Crippen molar-refractivity contribution >= 4 is 17.7 Å². The summed E-state index contributed by atoms with van der Waals surface area (Å²) in [6.45, 7) is 1.97. The summed E-state index contributed by atoms with van der Waals surface area (Å²) in [5.74, 6) is 0.149. The molecule has 0 spiro atoms.